The van der Waals surface area contributed by atoms with Crippen molar-refractivity contribution in [1.29, 1.82) is 0 Å². The Morgan fingerprint density at radius 2 is 1.52 bits per heavy atom. The molecule has 0 unspecified atom stereocenters. The Labute approximate surface area is 144 Å². The van der Waals surface area contributed by atoms with Crippen LogP contribution in [0.25, 0.3) is 0 Å². The number of likely N-dealkylation sites (tertiary alicyclic amines) is 2. The van der Waals surface area contributed by atoms with Crippen molar-refractivity contribution < 1.29 is 4.74 Å². The summed E-state index contributed by atoms with van der Waals surface area (Å²) in [6.07, 6.45) is 13.1. The topological polar surface area (TPSA) is 15.7 Å². The average Bonchev–Trinajstić information content (AvgIpc) is 2.53. The molecule has 2 aliphatic rings. The highest BCUT2D eigenvalue weighted by Crippen LogP contribution is 2.22. The van der Waals surface area contributed by atoms with Gasteiger partial charge in [-0.25, -0.2) is 0 Å². The first-order valence-corrected chi connectivity index (χ1v) is 9.77. The minimum atomic E-state index is 0.277. The minimum absolute atomic E-state index is 0.277. The monoisotopic (exact) mass is 322 g/mol. The number of rotatable bonds is 6. The maximum Gasteiger partial charge on any atom is 0.0612 e. The summed E-state index contributed by atoms with van der Waals surface area (Å²) in [6.45, 7) is 15.1. The van der Waals surface area contributed by atoms with E-state index in [1.165, 1.54) is 58.2 Å². The number of piperidine rings is 2. The highest BCUT2D eigenvalue weighted by atomic mass is 16.5. The molecule has 23 heavy (non-hydrogen) atoms. The summed E-state index contributed by atoms with van der Waals surface area (Å²) in [6, 6.07) is 0. The van der Waals surface area contributed by atoms with E-state index in [-0.39, 0.29) is 5.41 Å². The number of nitrogens with zero attached hydrogens (tertiary/aromatic N) is 2. The highest BCUT2D eigenvalue weighted by Gasteiger charge is 2.25. The maximum absolute atomic E-state index is 6.40. The van der Waals surface area contributed by atoms with Crippen LogP contribution in [-0.2, 0) is 4.74 Å². The first-order chi connectivity index (χ1) is 11.0. The quantitative estimate of drug-likeness (QED) is 0.725. The van der Waals surface area contributed by atoms with Crippen LogP contribution in [0.2, 0.25) is 0 Å². The van der Waals surface area contributed by atoms with Crippen LogP contribution in [0.5, 0.6) is 0 Å². The molecule has 0 spiro atoms. The molecule has 0 N–H and O–H groups in total. The van der Waals surface area contributed by atoms with Crippen LogP contribution in [0.3, 0.4) is 0 Å². The van der Waals surface area contributed by atoms with Crippen LogP contribution in [0.1, 0.15) is 66.2 Å². The fourth-order valence-electron chi connectivity index (χ4n) is 3.41. The second kappa shape index (κ2) is 9.08. The van der Waals surface area contributed by atoms with Crippen molar-refractivity contribution in [3.05, 3.63) is 12.3 Å². The van der Waals surface area contributed by atoms with Gasteiger partial charge in [-0.15, -0.1) is 0 Å². The maximum atomic E-state index is 6.40. The normalized spacial score (nSPS) is 23.0. The van der Waals surface area contributed by atoms with Crippen molar-refractivity contribution in [1.82, 2.24) is 9.80 Å². The molecule has 0 saturated carbocycles. The fourth-order valence-corrected chi connectivity index (χ4v) is 3.41. The van der Waals surface area contributed by atoms with Crippen molar-refractivity contribution in [2.45, 2.75) is 78.4 Å². The SMILES string of the molecule is CCCCN1CCC(OC2CCN(/C=C/C(C)(C)C)CC2)CC1. The molecule has 0 aromatic rings. The fraction of sp³-hybridized carbons (Fsp3) is 0.900. The van der Waals surface area contributed by atoms with Gasteiger partial charge in [0.05, 0.1) is 12.2 Å². The van der Waals surface area contributed by atoms with E-state index in [4.69, 9.17) is 4.74 Å². The van der Waals surface area contributed by atoms with Gasteiger partial charge in [0.1, 0.15) is 0 Å². The molecule has 2 saturated heterocycles. The van der Waals surface area contributed by atoms with Crippen LogP contribution < -0.4 is 0 Å². The standard InChI is InChI=1S/C20H38N2O/c1-5-6-12-21-13-7-18(8-14-21)23-19-9-15-22(16-10-19)17-11-20(2,3)4/h11,17-19H,5-10,12-16H2,1-4H3/b17-11+. The summed E-state index contributed by atoms with van der Waals surface area (Å²) < 4.78 is 6.40. The summed E-state index contributed by atoms with van der Waals surface area (Å²) >= 11 is 0. The van der Waals surface area contributed by atoms with Crippen molar-refractivity contribution >= 4 is 0 Å². The Bertz CT molecular complexity index is 345. The van der Waals surface area contributed by atoms with Gasteiger partial charge in [-0.1, -0.05) is 40.2 Å². The molecule has 0 aromatic carbocycles. The van der Waals surface area contributed by atoms with E-state index in [2.05, 4.69) is 49.8 Å². The van der Waals surface area contributed by atoms with E-state index in [0.29, 0.717) is 12.2 Å². The molecule has 0 atom stereocenters. The van der Waals surface area contributed by atoms with E-state index in [1.54, 1.807) is 0 Å². The molecule has 0 aliphatic carbocycles. The molecular weight excluding hydrogens is 284 g/mol. The molecule has 3 nitrogen and oxygen atoms in total. The van der Waals surface area contributed by atoms with Crippen molar-refractivity contribution in [3.8, 4) is 0 Å². The zero-order chi connectivity index (χ0) is 16.7. The van der Waals surface area contributed by atoms with Gasteiger partial charge < -0.3 is 14.5 Å². The summed E-state index contributed by atoms with van der Waals surface area (Å²) in [5, 5.41) is 0. The number of allylic oxidation sites excluding steroid dienone is 1. The average molecular weight is 323 g/mol. The van der Waals surface area contributed by atoms with E-state index in [9.17, 15) is 0 Å². The molecule has 0 bridgehead atoms. The van der Waals surface area contributed by atoms with Crippen molar-refractivity contribution in [3.63, 3.8) is 0 Å². The van der Waals surface area contributed by atoms with Crippen LogP contribution in [0.4, 0.5) is 0 Å². The first kappa shape index (κ1) is 18.8. The molecule has 2 aliphatic heterocycles. The van der Waals surface area contributed by atoms with E-state index < -0.39 is 0 Å². The second-order valence-electron chi connectivity index (χ2n) is 8.45. The minimum Gasteiger partial charge on any atom is -0.377 e. The Kier molecular flexibility index (Phi) is 7.42. The predicted molar refractivity (Wildman–Crippen MR) is 98.6 cm³/mol. The van der Waals surface area contributed by atoms with Gasteiger partial charge in [-0.05, 0) is 50.3 Å². The van der Waals surface area contributed by atoms with Crippen LogP contribution in [0, 0.1) is 5.41 Å². The van der Waals surface area contributed by atoms with Gasteiger partial charge >= 0.3 is 0 Å². The molecule has 3 heteroatoms. The molecule has 134 valence electrons. The molecule has 2 rings (SSSR count). The third kappa shape index (κ3) is 7.26. The smallest absolute Gasteiger partial charge is 0.0612 e. The van der Waals surface area contributed by atoms with Gasteiger partial charge in [0.25, 0.3) is 0 Å². The summed E-state index contributed by atoms with van der Waals surface area (Å²) in [5.74, 6) is 0. The van der Waals surface area contributed by atoms with Crippen molar-refractivity contribution in [2.24, 2.45) is 5.41 Å². The molecular formula is C20H38N2O. The lowest BCUT2D eigenvalue weighted by Gasteiger charge is -2.37. The number of unbranched alkanes of at least 4 members (excludes halogenated alkanes) is 1. The number of ether oxygens (including phenoxy) is 1. The summed E-state index contributed by atoms with van der Waals surface area (Å²) in [7, 11) is 0. The molecule has 0 radical (unpaired) electrons. The van der Waals surface area contributed by atoms with Crippen LogP contribution in [-0.4, -0.2) is 54.7 Å². The largest absolute Gasteiger partial charge is 0.377 e. The molecule has 2 fully saturated rings. The van der Waals surface area contributed by atoms with Gasteiger partial charge in [0.2, 0.25) is 0 Å². The predicted octanol–water partition coefficient (Wildman–Crippen LogP) is 4.29. The summed E-state index contributed by atoms with van der Waals surface area (Å²) in [5.41, 5.74) is 0.277. The number of hydrogen-bond acceptors (Lipinski definition) is 3. The number of hydrogen-bond donors (Lipinski definition) is 0. The van der Waals surface area contributed by atoms with Gasteiger partial charge in [-0.2, -0.15) is 0 Å². The third-order valence-electron chi connectivity index (χ3n) is 5.01. The highest BCUT2D eigenvalue weighted by molar-refractivity contribution is 4.93. The second-order valence-corrected chi connectivity index (χ2v) is 8.45. The van der Waals surface area contributed by atoms with E-state index in [1.807, 2.05) is 0 Å². The van der Waals surface area contributed by atoms with Gasteiger partial charge in [0, 0.05) is 26.2 Å². The van der Waals surface area contributed by atoms with Crippen LogP contribution >= 0.6 is 0 Å². The Morgan fingerprint density at radius 1 is 0.957 bits per heavy atom. The molecule has 0 aromatic heterocycles. The van der Waals surface area contributed by atoms with Gasteiger partial charge in [-0.3, -0.25) is 0 Å². The third-order valence-corrected chi connectivity index (χ3v) is 5.01. The summed E-state index contributed by atoms with van der Waals surface area (Å²) in [4.78, 5) is 5.07. The van der Waals surface area contributed by atoms with Crippen molar-refractivity contribution in [2.75, 3.05) is 32.7 Å². The lowest BCUT2D eigenvalue weighted by atomic mass is 9.97. The Morgan fingerprint density at radius 3 is 2.04 bits per heavy atom. The van der Waals surface area contributed by atoms with Crippen LogP contribution in [0.15, 0.2) is 12.3 Å². The Balaban J connectivity index is 1.63. The first-order valence-electron chi connectivity index (χ1n) is 9.77. The zero-order valence-electron chi connectivity index (χ0n) is 15.9. The van der Waals surface area contributed by atoms with E-state index >= 15 is 0 Å². The Hall–Kier alpha value is -0.540. The zero-order valence-corrected chi connectivity index (χ0v) is 15.9. The lowest BCUT2D eigenvalue weighted by molar-refractivity contribution is -0.0613. The van der Waals surface area contributed by atoms with Gasteiger partial charge in [0.15, 0.2) is 0 Å². The lowest BCUT2D eigenvalue weighted by Crippen LogP contribution is -2.41. The van der Waals surface area contributed by atoms with E-state index in [0.717, 1.165) is 13.1 Å². The molecule has 0 amide bonds. The molecule has 2 heterocycles.